The molecule has 0 aliphatic carbocycles. The third-order valence-electron chi connectivity index (χ3n) is 4.48. The van der Waals surface area contributed by atoms with Gasteiger partial charge in [0.25, 0.3) is 5.69 Å². The highest BCUT2D eigenvalue weighted by Gasteiger charge is 2.41. The quantitative estimate of drug-likeness (QED) is 0.328. The van der Waals surface area contributed by atoms with Crippen LogP contribution >= 0.6 is 0 Å². The lowest BCUT2D eigenvalue weighted by Crippen LogP contribution is -2.43. The maximum atomic E-state index is 12.4. The van der Waals surface area contributed by atoms with Crippen molar-refractivity contribution in [2.24, 2.45) is 0 Å². The van der Waals surface area contributed by atoms with Crippen LogP contribution in [0.3, 0.4) is 0 Å². The molecule has 0 aromatic heterocycles. The molecule has 1 heterocycles. The summed E-state index contributed by atoms with van der Waals surface area (Å²) in [6, 6.07) is 12.0. The zero-order valence-electron chi connectivity index (χ0n) is 15.7. The maximum absolute atomic E-state index is 12.4. The van der Waals surface area contributed by atoms with E-state index >= 15 is 0 Å². The van der Waals surface area contributed by atoms with Gasteiger partial charge in [-0.05, 0) is 24.3 Å². The number of hydrogen-bond acceptors (Lipinski definition) is 8. The van der Waals surface area contributed by atoms with Gasteiger partial charge in [0, 0.05) is 24.1 Å². The Morgan fingerprint density at radius 2 is 1.77 bits per heavy atom. The maximum Gasteiger partial charge on any atom is 0.416 e. The fraction of sp³-hybridized carbons (Fsp3) is 0.250. The predicted molar refractivity (Wildman–Crippen MR) is 102 cm³/mol. The van der Waals surface area contributed by atoms with Crippen molar-refractivity contribution in [2.45, 2.75) is 18.6 Å². The van der Waals surface area contributed by atoms with Gasteiger partial charge in [-0.1, -0.05) is 18.2 Å². The lowest BCUT2D eigenvalue weighted by molar-refractivity contribution is -0.384. The Morgan fingerprint density at radius 3 is 2.40 bits per heavy atom. The van der Waals surface area contributed by atoms with Crippen LogP contribution in [0.2, 0.25) is 0 Å². The largest absolute Gasteiger partial charge is 0.456 e. The number of benzene rings is 2. The number of aliphatic hydroxyl groups is 1. The molecule has 1 fully saturated rings. The summed E-state index contributed by atoms with van der Waals surface area (Å²) in [7, 11) is 0. The van der Waals surface area contributed by atoms with E-state index in [1.54, 1.807) is 30.3 Å². The van der Waals surface area contributed by atoms with Crippen molar-refractivity contribution in [2.75, 3.05) is 13.2 Å². The second-order valence-electron chi connectivity index (χ2n) is 6.57. The molecular weight excluding hydrogens is 396 g/mol. The molecule has 1 aliphatic rings. The minimum atomic E-state index is -1.10. The molecule has 0 radical (unpaired) electrons. The summed E-state index contributed by atoms with van der Waals surface area (Å²) < 4.78 is 10.2. The van der Waals surface area contributed by atoms with Gasteiger partial charge in [0.05, 0.1) is 17.6 Å². The first-order chi connectivity index (χ1) is 14.3. The molecule has 1 aliphatic heterocycles. The molecule has 10 nitrogen and oxygen atoms in total. The van der Waals surface area contributed by atoms with Crippen LogP contribution in [0, 0.1) is 10.1 Å². The number of esters is 1. The normalized spacial score (nSPS) is 18.0. The number of nitrogens with zero attached hydrogens (tertiary/aromatic N) is 2. The van der Waals surface area contributed by atoms with Crippen LogP contribution < -0.4 is 4.74 Å². The summed E-state index contributed by atoms with van der Waals surface area (Å²) in [5.41, 5.74) is -0.0312. The number of Topliss-reactive ketones (excluding diaryl/α,β-unsaturated/α-hetero) is 1. The molecule has 1 saturated heterocycles. The van der Waals surface area contributed by atoms with Crippen LogP contribution in [0.25, 0.3) is 0 Å². The fourth-order valence-electron chi connectivity index (χ4n) is 2.97. The number of nitro groups is 1. The van der Waals surface area contributed by atoms with Crippen molar-refractivity contribution < 1.29 is 33.9 Å². The van der Waals surface area contributed by atoms with Crippen LogP contribution in [0.4, 0.5) is 10.5 Å². The van der Waals surface area contributed by atoms with E-state index < -0.39 is 41.5 Å². The van der Waals surface area contributed by atoms with Crippen LogP contribution in [-0.2, 0) is 9.53 Å². The predicted octanol–water partition coefficient (Wildman–Crippen LogP) is 1.95. The van der Waals surface area contributed by atoms with E-state index in [9.17, 15) is 29.6 Å². The van der Waals surface area contributed by atoms with Gasteiger partial charge < -0.3 is 14.6 Å². The summed E-state index contributed by atoms with van der Waals surface area (Å²) in [5, 5.41) is 20.5. The molecule has 0 bridgehead atoms. The van der Waals surface area contributed by atoms with Crippen LogP contribution in [0.5, 0.6) is 5.75 Å². The molecule has 2 atom stereocenters. The summed E-state index contributed by atoms with van der Waals surface area (Å²) in [6.07, 6.45) is -1.80. The first-order valence-electron chi connectivity index (χ1n) is 9.01. The van der Waals surface area contributed by atoms with E-state index in [1.807, 2.05) is 0 Å². The Balaban J connectivity index is 1.59. The van der Waals surface area contributed by atoms with E-state index in [0.29, 0.717) is 0 Å². The van der Waals surface area contributed by atoms with Gasteiger partial charge >= 0.3 is 12.1 Å². The summed E-state index contributed by atoms with van der Waals surface area (Å²) >= 11 is 0. The molecule has 1 amide bonds. The molecule has 2 aromatic carbocycles. The topological polar surface area (TPSA) is 136 Å². The lowest BCUT2D eigenvalue weighted by Gasteiger charge is -2.22. The molecular formula is C20H18N2O8. The second-order valence-corrected chi connectivity index (χ2v) is 6.57. The Labute approximate surface area is 170 Å². The van der Waals surface area contributed by atoms with Gasteiger partial charge in [-0.2, -0.15) is 0 Å². The van der Waals surface area contributed by atoms with E-state index in [2.05, 4.69) is 0 Å². The van der Waals surface area contributed by atoms with Gasteiger partial charge in [0.15, 0.2) is 12.4 Å². The van der Waals surface area contributed by atoms with E-state index in [0.717, 1.165) is 4.90 Å². The molecule has 156 valence electrons. The molecule has 3 rings (SSSR count). The molecule has 10 heteroatoms. The highest BCUT2D eigenvalue weighted by molar-refractivity contribution is 5.98. The highest BCUT2D eigenvalue weighted by Crippen LogP contribution is 2.22. The Morgan fingerprint density at radius 1 is 1.10 bits per heavy atom. The monoisotopic (exact) mass is 414 g/mol. The number of amides is 1. The number of aliphatic hydroxyl groups excluding tert-OH is 1. The van der Waals surface area contributed by atoms with Crippen LogP contribution in [0.1, 0.15) is 16.8 Å². The number of β-amino-alcohol motifs (C(OH)–C–C–N with tert-alkyl or cyclic N) is 1. The van der Waals surface area contributed by atoms with Gasteiger partial charge in [-0.25, -0.2) is 9.59 Å². The van der Waals surface area contributed by atoms with Gasteiger partial charge in [-0.3, -0.25) is 19.8 Å². The molecule has 0 spiro atoms. The number of non-ortho nitro benzene ring substituents is 1. The molecule has 2 aromatic rings. The first-order valence-corrected chi connectivity index (χ1v) is 9.01. The van der Waals surface area contributed by atoms with Crippen molar-refractivity contribution in [1.29, 1.82) is 0 Å². The second kappa shape index (κ2) is 9.14. The smallest absolute Gasteiger partial charge is 0.416 e. The fourth-order valence-corrected chi connectivity index (χ4v) is 2.97. The molecule has 1 N–H and O–H groups in total. The van der Waals surface area contributed by atoms with Crippen molar-refractivity contribution in [3.05, 3.63) is 70.3 Å². The minimum Gasteiger partial charge on any atom is -0.456 e. The molecule has 0 unspecified atom stereocenters. The zero-order valence-corrected chi connectivity index (χ0v) is 15.7. The van der Waals surface area contributed by atoms with Gasteiger partial charge in [-0.15, -0.1) is 0 Å². The Bertz CT molecular complexity index is 945. The molecule has 30 heavy (non-hydrogen) atoms. The average Bonchev–Trinajstić information content (AvgIpc) is 3.14. The van der Waals surface area contributed by atoms with Gasteiger partial charge in [0.2, 0.25) is 0 Å². The number of carbonyl (C=O) groups is 3. The SMILES string of the molecule is O=C(COC(=O)[C@@H]1C[C@@H](O)CN1C(=O)Oc1ccccc1)c1ccc([N+](=O)[O-])cc1. The van der Waals surface area contributed by atoms with Gasteiger partial charge in [0.1, 0.15) is 11.8 Å². The average molecular weight is 414 g/mol. The lowest BCUT2D eigenvalue weighted by atomic mass is 10.1. The number of ether oxygens (including phenoxy) is 2. The van der Waals surface area contributed by atoms with Crippen LogP contribution in [-0.4, -0.2) is 58.1 Å². The third-order valence-corrected chi connectivity index (χ3v) is 4.48. The number of nitro benzene ring substituents is 1. The minimum absolute atomic E-state index is 0.0472. The number of likely N-dealkylation sites (tertiary alicyclic amines) is 1. The number of rotatable bonds is 6. The van der Waals surface area contributed by atoms with Crippen molar-refractivity contribution in [3.8, 4) is 5.75 Å². The number of ketones is 1. The zero-order chi connectivity index (χ0) is 21.7. The van der Waals surface area contributed by atoms with E-state index in [1.165, 1.54) is 24.3 Å². The number of carbonyl (C=O) groups excluding carboxylic acids is 3. The summed E-state index contributed by atoms with van der Waals surface area (Å²) in [5.74, 6) is -1.13. The first kappa shape index (κ1) is 20.9. The number of hydrogen-bond donors (Lipinski definition) is 1. The van der Waals surface area contributed by atoms with Crippen LogP contribution in [0.15, 0.2) is 54.6 Å². The third kappa shape index (κ3) is 4.97. The summed E-state index contributed by atoms with van der Waals surface area (Å²) in [4.78, 5) is 48.1. The van der Waals surface area contributed by atoms with Crippen molar-refractivity contribution in [1.82, 2.24) is 4.90 Å². The highest BCUT2D eigenvalue weighted by atomic mass is 16.6. The number of para-hydroxylation sites is 1. The van der Waals surface area contributed by atoms with E-state index in [4.69, 9.17) is 9.47 Å². The van der Waals surface area contributed by atoms with Crippen molar-refractivity contribution >= 4 is 23.5 Å². The van der Waals surface area contributed by atoms with Crippen molar-refractivity contribution in [3.63, 3.8) is 0 Å². The Kier molecular flexibility index (Phi) is 6.38. The van der Waals surface area contributed by atoms with E-state index in [-0.39, 0.29) is 30.0 Å². The Hall–Kier alpha value is -3.79. The standard InChI is InChI=1S/C20H18N2O8/c23-15-10-17(21(11-15)20(26)30-16-4-2-1-3-5-16)19(25)29-12-18(24)13-6-8-14(9-7-13)22(27)28/h1-9,15,17,23H,10-12H2/t15-,17+/m1/s1. The molecule has 0 saturated carbocycles. The summed E-state index contributed by atoms with van der Waals surface area (Å²) in [6.45, 7) is -0.716.